The average molecular weight is 306 g/mol. The van der Waals surface area contributed by atoms with Crippen molar-refractivity contribution in [2.24, 2.45) is 11.8 Å². The molecule has 6 atom stereocenters. The smallest absolute Gasteiger partial charge is 0.0755 e. The van der Waals surface area contributed by atoms with Gasteiger partial charge in [-0.3, -0.25) is 0 Å². The van der Waals surface area contributed by atoms with Gasteiger partial charge in [0.05, 0.1) is 24.4 Å². The molecule has 3 nitrogen and oxygen atoms in total. The summed E-state index contributed by atoms with van der Waals surface area (Å²) in [7, 11) is 0. The number of fused-ring (bicyclic) bond motifs is 2. The van der Waals surface area contributed by atoms with Crippen LogP contribution in [0, 0.1) is 11.8 Å². The second-order valence-corrected chi connectivity index (χ2v) is 6.51. The van der Waals surface area contributed by atoms with Crippen molar-refractivity contribution in [2.75, 3.05) is 0 Å². The van der Waals surface area contributed by atoms with Gasteiger partial charge in [0.25, 0.3) is 0 Å². The highest BCUT2D eigenvalue weighted by Gasteiger charge is 2.46. The molecule has 0 aliphatic carbocycles. The van der Waals surface area contributed by atoms with Crippen LogP contribution in [0.5, 0.6) is 0 Å². The summed E-state index contributed by atoms with van der Waals surface area (Å²) in [4.78, 5) is 0. The molecular formula is C19H30O3. The molecule has 0 aromatic carbocycles. The third-order valence-corrected chi connectivity index (χ3v) is 4.90. The van der Waals surface area contributed by atoms with Gasteiger partial charge in [-0.2, -0.15) is 0 Å². The van der Waals surface area contributed by atoms with Crippen LogP contribution in [0.1, 0.15) is 45.4 Å². The molecule has 2 aliphatic heterocycles. The van der Waals surface area contributed by atoms with Gasteiger partial charge < -0.3 is 14.9 Å². The Kier molecular flexibility index (Phi) is 6.87. The van der Waals surface area contributed by atoms with Crippen LogP contribution in [-0.4, -0.2) is 34.6 Å². The molecule has 2 N–H and O–H groups in total. The lowest BCUT2D eigenvalue weighted by Crippen LogP contribution is -2.25. The van der Waals surface area contributed by atoms with Gasteiger partial charge in [0.1, 0.15) is 0 Å². The maximum absolute atomic E-state index is 9.83. The monoisotopic (exact) mass is 306 g/mol. The van der Waals surface area contributed by atoms with Crippen molar-refractivity contribution in [1.82, 2.24) is 0 Å². The van der Waals surface area contributed by atoms with Crippen molar-refractivity contribution in [3.8, 4) is 0 Å². The van der Waals surface area contributed by atoms with Gasteiger partial charge in [-0.1, -0.05) is 37.3 Å². The minimum atomic E-state index is -0.437. The first-order valence-corrected chi connectivity index (χ1v) is 8.61. The maximum Gasteiger partial charge on any atom is 0.0755 e. The fourth-order valence-corrected chi connectivity index (χ4v) is 3.57. The summed E-state index contributed by atoms with van der Waals surface area (Å²) in [5, 5.41) is 19.4. The summed E-state index contributed by atoms with van der Waals surface area (Å²) < 4.78 is 6.05. The number of aliphatic hydroxyl groups is 2. The Morgan fingerprint density at radius 2 is 1.95 bits per heavy atom. The fourth-order valence-electron chi connectivity index (χ4n) is 3.57. The van der Waals surface area contributed by atoms with E-state index in [1.165, 1.54) is 0 Å². The van der Waals surface area contributed by atoms with Crippen LogP contribution < -0.4 is 0 Å². The Morgan fingerprint density at radius 3 is 2.68 bits per heavy atom. The van der Waals surface area contributed by atoms with Crippen LogP contribution in [-0.2, 0) is 4.74 Å². The molecule has 22 heavy (non-hydrogen) atoms. The summed E-state index contributed by atoms with van der Waals surface area (Å²) in [5.74, 6) is 0.903. The predicted octanol–water partition coefficient (Wildman–Crippen LogP) is 3.38. The molecule has 2 heterocycles. The van der Waals surface area contributed by atoms with Gasteiger partial charge in [0.2, 0.25) is 0 Å². The Hall–Kier alpha value is -0.900. The minimum absolute atomic E-state index is 0.225. The lowest BCUT2D eigenvalue weighted by Gasteiger charge is -2.25. The molecule has 0 saturated carbocycles. The van der Waals surface area contributed by atoms with Crippen LogP contribution >= 0.6 is 0 Å². The minimum Gasteiger partial charge on any atom is -0.393 e. The van der Waals surface area contributed by atoms with E-state index in [-0.39, 0.29) is 6.10 Å². The highest BCUT2D eigenvalue weighted by molar-refractivity contribution is 5.09. The molecule has 2 aliphatic rings. The summed E-state index contributed by atoms with van der Waals surface area (Å²) in [6, 6.07) is 0. The van der Waals surface area contributed by atoms with Crippen LogP contribution in [0.25, 0.3) is 0 Å². The molecule has 0 amide bonds. The second kappa shape index (κ2) is 8.66. The molecule has 124 valence electrons. The first-order valence-electron chi connectivity index (χ1n) is 8.61. The third-order valence-electron chi connectivity index (χ3n) is 4.90. The van der Waals surface area contributed by atoms with Crippen molar-refractivity contribution < 1.29 is 14.9 Å². The zero-order valence-electron chi connectivity index (χ0n) is 13.6. The summed E-state index contributed by atoms with van der Waals surface area (Å²) in [5.41, 5.74) is 0. The lowest BCUT2D eigenvalue weighted by molar-refractivity contribution is 0.0899. The number of aliphatic hydroxyl groups excluding tert-OH is 2. The molecule has 0 radical (unpaired) electrons. The van der Waals surface area contributed by atoms with Crippen LogP contribution in [0.3, 0.4) is 0 Å². The number of allylic oxidation sites excluding steroid dienone is 1. The summed E-state index contributed by atoms with van der Waals surface area (Å²) in [6.45, 7) is 5.65. The Bertz CT molecular complexity index is 401. The molecule has 2 bridgehead atoms. The predicted molar refractivity (Wildman–Crippen MR) is 89.5 cm³/mol. The van der Waals surface area contributed by atoms with Crippen molar-refractivity contribution >= 4 is 0 Å². The molecule has 2 fully saturated rings. The summed E-state index contributed by atoms with van der Waals surface area (Å²) in [6.07, 6.45) is 15.5. The van der Waals surface area contributed by atoms with Crippen molar-refractivity contribution in [2.45, 2.75) is 69.9 Å². The van der Waals surface area contributed by atoms with E-state index in [1.807, 2.05) is 13.0 Å². The molecule has 0 aromatic rings. The Morgan fingerprint density at radius 1 is 1.18 bits per heavy atom. The molecule has 3 heteroatoms. The Balaban J connectivity index is 1.88. The molecule has 2 rings (SSSR count). The number of hydrogen-bond acceptors (Lipinski definition) is 3. The van der Waals surface area contributed by atoms with Gasteiger partial charge in [-0.25, -0.2) is 0 Å². The topological polar surface area (TPSA) is 49.7 Å². The van der Waals surface area contributed by atoms with E-state index < -0.39 is 6.10 Å². The quantitative estimate of drug-likeness (QED) is 0.642. The van der Waals surface area contributed by atoms with Crippen LogP contribution in [0.15, 0.2) is 37.0 Å². The van der Waals surface area contributed by atoms with E-state index in [2.05, 4.69) is 24.8 Å². The zero-order chi connectivity index (χ0) is 15.9. The van der Waals surface area contributed by atoms with Gasteiger partial charge >= 0.3 is 0 Å². The molecule has 2 unspecified atom stereocenters. The van der Waals surface area contributed by atoms with Gasteiger partial charge in [-0.15, -0.1) is 6.58 Å². The van der Waals surface area contributed by atoms with Gasteiger partial charge in [0.15, 0.2) is 0 Å². The zero-order valence-corrected chi connectivity index (χ0v) is 13.6. The molecular weight excluding hydrogens is 276 g/mol. The normalized spacial score (nSPS) is 33.8. The van der Waals surface area contributed by atoms with Crippen LogP contribution in [0.2, 0.25) is 0 Å². The number of ether oxygens (including phenoxy) is 1. The highest BCUT2D eigenvalue weighted by atomic mass is 16.5. The number of hydrogen-bond donors (Lipinski definition) is 2. The SMILES string of the molecule is C=CCC(O)/C=C/C1[C@@H]2CC[C@@H](O2)[C@@H]1C/C=C\C[C@H](O)CC. The van der Waals surface area contributed by atoms with Crippen molar-refractivity contribution in [1.29, 1.82) is 0 Å². The average Bonchev–Trinajstić information content (AvgIpc) is 3.10. The van der Waals surface area contributed by atoms with Gasteiger partial charge in [0, 0.05) is 5.92 Å². The lowest BCUT2D eigenvalue weighted by atomic mass is 9.77. The maximum atomic E-state index is 9.83. The molecule has 0 aromatic heterocycles. The third kappa shape index (κ3) is 4.55. The van der Waals surface area contributed by atoms with E-state index >= 15 is 0 Å². The van der Waals surface area contributed by atoms with E-state index in [0.717, 1.165) is 32.1 Å². The summed E-state index contributed by atoms with van der Waals surface area (Å²) >= 11 is 0. The van der Waals surface area contributed by atoms with Crippen molar-refractivity contribution in [3.05, 3.63) is 37.0 Å². The number of rotatable bonds is 9. The molecule has 2 saturated heterocycles. The van der Waals surface area contributed by atoms with E-state index in [9.17, 15) is 10.2 Å². The first-order chi connectivity index (χ1) is 10.7. The van der Waals surface area contributed by atoms with E-state index in [0.29, 0.717) is 30.5 Å². The van der Waals surface area contributed by atoms with Crippen LogP contribution in [0.4, 0.5) is 0 Å². The largest absolute Gasteiger partial charge is 0.393 e. The Labute approximate surface area is 134 Å². The first kappa shape index (κ1) is 17.5. The van der Waals surface area contributed by atoms with Crippen molar-refractivity contribution in [3.63, 3.8) is 0 Å². The van der Waals surface area contributed by atoms with E-state index in [4.69, 9.17) is 4.74 Å². The standard InChI is InChI=1S/C19H30O3/c1-3-7-15(21)10-11-17-16(18-12-13-19(17)22-18)9-6-5-8-14(20)4-2/h3,5-6,10-11,14-21H,1,4,7-9,12-13H2,2H3/b6-5-,11-10+/t14-,15?,16-,17?,18-,19+/m1/s1. The fraction of sp³-hybridized carbons (Fsp3) is 0.684. The highest BCUT2D eigenvalue weighted by Crippen LogP contribution is 2.45. The molecule has 0 spiro atoms. The van der Waals surface area contributed by atoms with E-state index in [1.54, 1.807) is 6.08 Å². The second-order valence-electron chi connectivity index (χ2n) is 6.51. The van der Waals surface area contributed by atoms with Gasteiger partial charge in [-0.05, 0) is 44.4 Å².